The van der Waals surface area contributed by atoms with E-state index in [-0.39, 0.29) is 18.0 Å². The summed E-state index contributed by atoms with van der Waals surface area (Å²) < 4.78 is 19.5. The second-order valence-corrected chi connectivity index (χ2v) is 5.53. The molecule has 2 aromatic rings. The number of hydrogen-bond donors (Lipinski definition) is 1. The molecule has 2 nitrogen and oxygen atoms in total. The summed E-state index contributed by atoms with van der Waals surface area (Å²) in [6, 6.07) is 13.0. The summed E-state index contributed by atoms with van der Waals surface area (Å²) in [5.41, 5.74) is 2.56. The van der Waals surface area contributed by atoms with Gasteiger partial charge in [0.1, 0.15) is 11.6 Å². The van der Waals surface area contributed by atoms with Crippen molar-refractivity contribution in [1.82, 2.24) is 0 Å². The molecule has 0 aliphatic rings. The van der Waals surface area contributed by atoms with Gasteiger partial charge in [-0.1, -0.05) is 24.3 Å². The maximum absolute atomic E-state index is 13.9. The summed E-state index contributed by atoms with van der Waals surface area (Å²) in [5, 5.41) is 3.24. The third kappa shape index (κ3) is 3.97. The highest BCUT2D eigenvalue weighted by molar-refractivity contribution is 5.53. The number of halogens is 1. The van der Waals surface area contributed by atoms with E-state index in [1.165, 1.54) is 6.07 Å². The van der Waals surface area contributed by atoms with Crippen LogP contribution >= 0.6 is 0 Å². The Hall–Kier alpha value is -2.03. The molecule has 0 aromatic heterocycles. The normalized spacial score (nSPS) is 12.3. The molecule has 0 radical (unpaired) electrons. The van der Waals surface area contributed by atoms with Crippen LogP contribution in [0.3, 0.4) is 0 Å². The first kappa shape index (κ1) is 15.4. The van der Waals surface area contributed by atoms with E-state index in [0.717, 1.165) is 16.9 Å². The van der Waals surface area contributed by atoms with Gasteiger partial charge in [-0.25, -0.2) is 4.39 Å². The topological polar surface area (TPSA) is 21.3 Å². The van der Waals surface area contributed by atoms with Crippen LogP contribution in [0.4, 0.5) is 10.1 Å². The minimum atomic E-state index is -0.221. The third-order valence-electron chi connectivity index (χ3n) is 3.33. The van der Waals surface area contributed by atoms with Gasteiger partial charge in [-0.2, -0.15) is 0 Å². The Balaban J connectivity index is 2.11. The van der Waals surface area contributed by atoms with Gasteiger partial charge in [0.15, 0.2) is 0 Å². The molecule has 3 heteroatoms. The SMILES string of the molecule is Cc1cccc(F)c1NC(C)c1ccc(OC(C)C)cc1. The minimum absolute atomic E-state index is 0.0219. The summed E-state index contributed by atoms with van der Waals surface area (Å²) in [4.78, 5) is 0. The first-order chi connectivity index (χ1) is 9.97. The van der Waals surface area contributed by atoms with Crippen LogP contribution in [0.25, 0.3) is 0 Å². The Morgan fingerprint density at radius 2 is 1.67 bits per heavy atom. The Labute approximate surface area is 126 Å². The van der Waals surface area contributed by atoms with Gasteiger partial charge in [-0.15, -0.1) is 0 Å². The molecule has 0 amide bonds. The molecule has 0 saturated carbocycles. The van der Waals surface area contributed by atoms with Crippen molar-refractivity contribution in [3.8, 4) is 5.75 Å². The van der Waals surface area contributed by atoms with Gasteiger partial charge in [0.25, 0.3) is 0 Å². The molecular weight excluding hydrogens is 265 g/mol. The Bertz CT molecular complexity index is 572. The molecule has 1 atom stereocenters. The van der Waals surface area contributed by atoms with Crippen LogP contribution in [0, 0.1) is 12.7 Å². The van der Waals surface area contributed by atoms with Crippen molar-refractivity contribution in [2.45, 2.75) is 39.8 Å². The molecule has 1 N–H and O–H groups in total. The summed E-state index contributed by atoms with van der Waals surface area (Å²) in [6.45, 7) is 7.92. The van der Waals surface area contributed by atoms with E-state index in [1.54, 1.807) is 6.07 Å². The predicted molar refractivity (Wildman–Crippen MR) is 85.4 cm³/mol. The smallest absolute Gasteiger partial charge is 0.146 e. The van der Waals surface area contributed by atoms with Gasteiger partial charge in [0.05, 0.1) is 11.8 Å². The monoisotopic (exact) mass is 287 g/mol. The number of ether oxygens (including phenoxy) is 1. The van der Waals surface area contributed by atoms with Crippen LogP contribution in [0.1, 0.15) is 37.9 Å². The van der Waals surface area contributed by atoms with E-state index in [9.17, 15) is 4.39 Å². The fourth-order valence-electron chi connectivity index (χ4n) is 2.22. The van der Waals surface area contributed by atoms with Crippen molar-refractivity contribution < 1.29 is 9.13 Å². The van der Waals surface area contributed by atoms with Crippen molar-refractivity contribution in [3.63, 3.8) is 0 Å². The van der Waals surface area contributed by atoms with E-state index in [4.69, 9.17) is 4.74 Å². The van der Waals surface area contributed by atoms with Crippen molar-refractivity contribution in [2.24, 2.45) is 0 Å². The molecule has 0 saturated heterocycles. The molecule has 2 aromatic carbocycles. The van der Waals surface area contributed by atoms with Crippen LogP contribution < -0.4 is 10.1 Å². The molecule has 0 heterocycles. The quantitative estimate of drug-likeness (QED) is 0.826. The van der Waals surface area contributed by atoms with Crippen LogP contribution in [0.2, 0.25) is 0 Å². The Morgan fingerprint density at radius 1 is 1.00 bits per heavy atom. The average molecular weight is 287 g/mol. The average Bonchev–Trinajstić information content (AvgIpc) is 2.43. The number of rotatable bonds is 5. The molecule has 0 aliphatic heterocycles. The predicted octanol–water partition coefficient (Wildman–Crippen LogP) is 5.09. The van der Waals surface area contributed by atoms with Crippen LogP contribution in [0.15, 0.2) is 42.5 Å². The van der Waals surface area contributed by atoms with Crippen molar-refractivity contribution >= 4 is 5.69 Å². The lowest BCUT2D eigenvalue weighted by molar-refractivity contribution is 0.242. The summed E-state index contributed by atoms with van der Waals surface area (Å²) in [7, 11) is 0. The second-order valence-electron chi connectivity index (χ2n) is 5.53. The Kier molecular flexibility index (Phi) is 4.84. The molecule has 1 unspecified atom stereocenters. The number of nitrogens with one attached hydrogen (secondary N) is 1. The molecule has 21 heavy (non-hydrogen) atoms. The molecular formula is C18H22FNO. The van der Waals surface area contributed by atoms with Gasteiger partial charge in [-0.3, -0.25) is 0 Å². The van der Waals surface area contributed by atoms with E-state index in [0.29, 0.717) is 5.69 Å². The Morgan fingerprint density at radius 3 is 2.24 bits per heavy atom. The van der Waals surface area contributed by atoms with E-state index < -0.39 is 0 Å². The molecule has 0 spiro atoms. The lowest BCUT2D eigenvalue weighted by Gasteiger charge is -2.18. The van der Waals surface area contributed by atoms with Gasteiger partial charge in [0, 0.05) is 6.04 Å². The summed E-state index contributed by atoms with van der Waals surface area (Å²) in [5.74, 6) is 0.629. The summed E-state index contributed by atoms with van der Waals surface area (Å²) in [6.07, 6.45) is 0.160. The fourth-order valence-corrected chi connectivity index (χ4v) is 2.22. The van der Waals surface area contributed by atoms with Crippen molar-refractivity contribution in [2.75, 3.05) is 5.32 Å². The third-order valence-corrected chi connectivity index (χ3v) is 3.33. The van der Waals surface area contributed by atoms with Crippen LogP contribution in [-0.4, -0.2) is 6.10 Å². The first-order valence-corrected chi connectivity index (χ1v) is 7.25. The largest absolute Gasteiger partial charge is 0.491 e. The van der Waals surface area contributed by atoms with Gasteiger partial charge in [0.2, 0.25) is 0 Å². The lowest BCUT2D eigenvalue weighted by Crippen LogP contribution is -2.10. The number of benzene rings is 2. The number of anilines is 1. The number of aryl methyl sites for hydroxylation is 1. The molecule has 0 fully saturated rings. The standard InChI is InChI=1S/C18H22FNO/c1-12(2)21-16-10-8-15(9-11-16)14(4)20-18-13(3)6-5-7-17(18)19/h5-12,14,20H,1-4H3. The van der Waals surface area contributed by atoms with Gasteiger partial charge >= 0.3 is 0 Å². The first-order valence-electron chi connectivity index (χ1n) is 7.25. The van der Waals surface area contributed by atoms with Gasteiger partial charge in [-0.05, 0) is 57.0 Å². The molecule has 2 rings (SSSR count). The number of hydrogen-bond acceptors (Lipinski definition) is 2. The van der Waals surface area contributed by atoms with Crippen molar-refractivity contribution in [1.29, 1.82) is 0 Å². The maximum Gasteiger partial charge on any atom is 0.146 e. The zero-order valence-corrected chi connectivity index (χ0v) is 13.0. The van der Waals surface area contributed by atoms with E-state index in [2.05, 4.69) is 5.32 Å². The highest BCUT2D eigenvalue weighted by Crippen LogP contribution is 2.26. The minimum Gasteiger partial charge on any atom is -0.491 e. The molecule has 112 valence electrons. The van der Waals surface area contributed by atoms with E-state index >= 15 is 0 Å². The van der Waals surface area contributed by atoms with Crippen molar-refractivity contribution in [3.05, 3.63) is 59.4 Å². The fraction of sp³-hybridized carbons (Fsp3) is 0.333. The maximum atomic E-state index is 13.9. The molecule has 0 aliphatic carbocycles. The van der Waals surface area contributed by atoms with Gasteiger partial charge < -0.3 is 10.1 Å². The zero-order valence-electron chi connectivity index (χ0n) is 13.0. The lowest BCUT2D eigenvalue weighted by atomic mass is 10.1. The van der Waals surface area contributed by atoms with Crippen LogP contribution in [0.5, 0.6) is 5.75 Å². The highest BCUT2D eigenvalue weighted by Gasteiger charge is 2.10. The highest BCUT2D eigenvalue weighted by atomic mass is 19.1. The summed E-state index contributed by atoms with van der Waals surface area (Å²) >= 11 is 0. The van der Waals surface area contributed by atoms with E-state index in [1.807, 2.05) is 58.0 Å². The number of para-hydroxylation sites is 1. The zero-order chi connectivity index (χ0) is 15.4. The van der Waals surface area contributed by atoms with Crippen LogP contribution in [-0.2, 0) is 0 Å². The molecule has 0 bridgehead atoms. The second kappa shape index (κ2) is 6.61.